The SMILES string of the molecule is O=C(O)c1ccc(COc2c(Br)cc(Br)cc2CO)cc1. The molecule has 0 aliphatic rings. The summed E-state index contributed by atoms with van der Waals surface area (Å²) >= 11 is 6.75. The molecule has 0 amide bonds. The van der Waals surface area contributed by atoms with Gasteiger partial charge in [0.15, 0.2) is 0 Å². The quantitative estimate of drug-likeness (QED) is 0.774. The third kappa shape index (κ3) is 4.06. The zero-order chi connectivity index (χ0) is 15.4. The van der Waals surface area contributed by atoms with Gasteiger partial charge in [0.05, 0.1) is 16.6 Å². The Balaban J connectivity index is 2.14. The maximum atomic E-state index is 10.8. The van der Waals surface area contributed by atoms with E-state index in [9.17, 15) is 9.90 Å². The highest BCUT2D eigenvalue weighted by molar-refractivity contribution is 9.11. The lowest BCUT2D eigenvalue weighted by Gasteiger charge is -2.13. The molecule has 0 bridgehead atoms. The highest BCUT2D eigenvalue weighted by Crippen LogP contribution is 2.33. The Morgan fingerprint density at radius 2 is 1.81 bits per heavy atom. The van der Waals surface area contributed by atoms with Gasteiger partial charge in [-0.2, -0.15) is 0 Å². The van der Waals surface area contributed by atoms with Crippen molar-refractivity contribution in [2.75, 3.05) is 0 Å². The van der Waals surface area contributed by atoms with Crippen LogP contribution in [0.3, 0.4) is 0 Å². The van der Waals surface area contributed by atoms with E-state index >= 15 is 0 Å². The molecule has 110 valence electrons. The summed E-state index contributed by atoms with van der Waals surface area (Å²) in [6.45, 7) is 0.151. The summed E-state index contributed by atoms with van der Waals surface area (Å²) in [6, 6.07) is 10.1. The highest BCUT2D eigenvalue weighted by atomic mass is 79.9. The van der Waals surface area contributed by atoms with Crippen LogP contribution < -0.4 is 4.74 Å². The first kappa shape index (κ1) is 16.0. The van der Waals surface area contributed by atoms with Gasteiger partial charge in [-0.1, -0.05) is 28.1 Å². The maximum absolute atomic E-state index is 10.8. The van der Waals surface area contributed by atoms with E-state index < -0.39 is 5.97 Å². The summed E-state index contributed by atoms with van der Waals surface area (Å²) in [5.74, 6) is -0.385. The molecule has 0 aromatic heterocycles. The number of aromatic carboxylic acids is 1. The number of carbonyl (C=O) groups is 1. The van der Waals surface area contributed by atoms with Crippen molar-refractivity contribution in [1.82, 2.24) is 0 Å². The second kappa shape index (κ2) is 7.06. The van der Waals surface area contributed by atoms with Gasteiger partial charge in [0, 0.05) is 10.0 Å². The van der Waals surface area contributed by atoms with E-state index in [1.165, 1.54) is 12.1 Å². The first-order valence-electron chi connectivity index (χ1n) is 6.05. The van der Waals surface area contributed by atoms with E-state index in [4.69, 9.17) is 9.84 Å². The number of aliphatic hydroxyl groups excluding tert-OH is 1. The molecule has 0 saturated carbocycles. The number of carboxylic acid groups (broad SMARTS) is 1. The van der Waals surface area contributed by atoms with Gasteiger partial charge in [-0.15, -0.1) is 0 Å². The molecule has 0 atom stereocenters. The maximum Gasteiger partial charge on any atom is 0.335 e. The van der Waals surface area contributed by atoms with Crippen LogP contribution in [-0.4, -0.2) is 16.2 Å². The molecule has 2 aromatic carbocycles. The number of benzene rings is 2. The molecule has 0 spiro atoms. The molecule has 21 heavy (non-hydrogen) atoms. The largest absolute Gasteiger partial charge is 0.487 e. The molecule has 2 rings (SSSR count). The molecule has 0 fully saturated rings. The number of hydrogen-bond donors (Lipinski definition) is 2. The molecule has 0 heterocycles. The van der Waals surface area contributed by atoms with Gasteiger partial charge in [-0.05, 0) is 45.8 Å². The first-order valence-corrected chi connectivity index (χ1v) is 7.63. The molecule has 4 nitrogen and oxygen atoms in total. The van der Waals surface area contributed by atoms with E-state index in [-0.39, 0.29) is 18.8 Å². The minimum Gasteiger partial charge on any atom is -0.487 e. The topological polar surface area (TPSA) is 66.8 Å². The smallest absolute Gasteiger partial charge is 0.335 e. The van der Waals surface area contributed by atoms with Crippen LogP contribution in [0.5, 0.6) is 5.75 Å². The average molecular weight is 416 g/mol. The van der Waals surface area contributed by atoms with Crippen LogP contribution in [0, 0.1) is 0 Å². The van der Waals surface area contributed by atoms with Gasteiger partial charge < -0.3 is 14.9 Å². The summed E-state index contributed by atoms with van der Waals surface area (Å²) < 4.78 is 7.31. The Labute approximate surface area is 138 Å². The molecular formula is C15H12Br2O4. The summed E-state index contributed by atoms with van der Waals surface area (Å²) in [5.41, 5.74) is 1.75. The molecule has 6 heteroatoms. The highest BCUT2D eigenvalue weighted by Gasteiger charge is 2.10. The number of halogens is 2. The molecule has 2 aromatic rings. The van der Waals surface area contributed by atoms with Crippen LogP contribution in [0.2, 0.25) is 0 Å². The Morgan fingerprint density at radius 3 is 2.38 bits per heavy atom. The molecule has 0 unspecified atom stereocenters. The van der Waals surface area contributed by atoms with E-state index in [0.29, 0.717) is 11.3 Å². The van der Waals surface area contributed by atoms with Crippen molar-refractivity contribution in [2.45, 2.75) is 13.2 Å². The van der Waals surface area contributed by atoms with Gasteiger partial charge in [0.25, 0.3) is 0 Å². The van der Waals surface area contributed by atoms with Crippen LogP contribution in [0.1, 0.15) is 21.5 Å². The predicted molar refractivity (Wildman–Crippen MR) is 85.5 cm³/mol. The van der Waals surface area contributed by atoms with Crippen LogP contribution >= 0.6 is 31.9 Å². The van der Waals surface area contributed by atoms with Crippen molar-refractivity contribution in [1.29, 1.82) is 0 Å². The lowest BCUT2D eigenvalue weighted by molar-refractivity contribution is 0.0697. The summed E-state index contributed by atoms with van der Waals surface area (Å²) in [4.78, 5) is 10.8. The van der Waals surface area contributed by atoms with Crippen LogP contribution in [0.15, 0.2) is 45.3 Å². The number of rotatable bonds is 5. The van der Waals surface area contributed by atoms with E-state index in [2.05, 4.69) is 31.9 Å². The fourth-order valence-electron chi connectivity index (χ4n) is 1.79. The van der Waals surface area contributed by atoms with Crippen molar-refractivity contribution < 1.29 is 19.7 Å². The zero-order valence-corrected chi connectivity index (χ0v) is 14.0. The number of hydrogen-bond acceptors (Lipinski definition) is 3. The fraction of sp³-hybridized carbons (Fsp3) is 0.133. The van der Waals surface area contributed by atoms with Gasteiger partial charge in [-0.25, -0.2) is 4.79 Å². The van der Waals surface area contributed by atoms with E-state index in [1.54, 1.807) is 18.2 Å². The van der Waals surface area contributed by atoms with Crippen molar-refractivity contribution >= 4 is 37.8 Å². The Bertz CT molecular complexity index is 653. The second-order valence-corrected chi connectivity index (χ2v) is 6.09. The standard InChI is InChI=1S/C15H12Br2O4/c16-12-5-11(7-18)14(13(17)6-12)21-8-9-1-3-10(4-2-9)15(19)20/h1-6,18H,7-8H2,(H,19,20). The lowest BCUT2D eigenvalue weighted by Crippen LogP contribution is -2.01. The predicted octanol–water partition coefficient (Wildman–Crippen LogP) is 3.98. The van der Waals surface area contributed by atoms with E-state index in [0.717, 1.165) is 14.5 Å². The summed E-state index contributed by atoms with van der Waals surface area (Å²) in [7, 11) is 0. The van der Waals surface area contributed by atoms with Gasteiger partial charge >= 0.3 is 5.97 Å². The number of aliphatic hydroxyl groups is 1. The Hall–Kier alpha value is -1.37. The lowest BCUT2D eigenvalue weighted by atomic mass is 10.1. The molecule has 0 radical (unpaired) electrons. The van der Waals surface area contributed by atoms with Crippen LogP contribution in [0.25, 0.3) is 0 Å². The molecular weight excluding hydrogens is 404 g/mol. The van der Waals surface area contributed by atoms with Gasteiger partial charge in [0.2, 0.25) is 0 Å². The number of carboxylic acids is 1. The third-order valence-electron chi connectivity index (χ3n) is 2.84. The summed E-state index contributed by atoms with van der Waals surface area (Å²) in [6.07, 6.45) is 0. The molecule has 0 aliphatic heterocycles. The molecule has 0 aliphatic carbocycles. The van der Waals surface area contributed by atoms with Crippen molar-refractivity contribution in [3.05, 3.63) is 62.0 Å². The first-order chi connectivity index (χ1) is 10.0. The fourth-order valence-corrected chi connectivity index (χ4v) is 3.22. The molecule has 2 N–H and O–H groups in total. The van der Waals surface area contributed by atoms with Crippen LogP contribution in [-0.2, 0) is 13.2 Å². The zero-order valence-electron chi connectivity index (χ0n) is 10.8. The van der Waals surface area contributed by atoms with E-state index in [1.807, 2.05) is 6.07 Å². The minimum atomic E-state index is -0.958. The van der Waals surface area contributed by atoms with Crippen molar-refractivity contribution in [3.8, 4) is 5.75 Å². The van der Waals surface area contributed by atoms with Crippen LogP contribution in [0.4, 0.5) is 0 Å². The number of ether oxygens (including phenoxy) is 1. The minimum absolute atomic E-state index is 0.134. The average Bonchev–Trinajstić information content (AvgIpc) is 2.46. The third-order valence-corrected chi connectivity index (χ3v) is 3.89. The normalized spacial score (nSPS) is 10.4. The van der Waals surface area contributed by atoms with Gasteiger partial charge in [0.1, 0.15) is 12.4 Å². The summed E-state index contributed by atoms with van der Waals surface area (Å²) in [5, 5.41) is 18.2. The monoisotopic (exact) mass is 414 g/mol. The Kier molecular flexibility index (Phi) is 5.39. The van der Waals surface area contributed by atoms with Gasteiger partial charge in [-0.3, -0.25) is 0 Å². The van der Waals surface area contributed by atoms with Crippen molar-refractivity contribution in [3.63, 3.8) is 0 Å². The van der Waals surface area contributed by atoms with Crippen molar-refractivity contribution in [2.24, 2.45) is 0 Å². The molecule has 0 saturated heterocycles. The second-order valence-electron chi connectivity index (χ2n) is 4.32. The Morgan fingerprint density at radius 1 is 1.14 bits per heavy atom.